The fourth-order valence-electron chi connectivity index (χ4n) is 3.58. The molecule has 0 saturated heterocycles. The zero-order chi connectivity index (χ0) is 23.4. The van der Waals surface area contributed by atoms with Crippen molar-refractivity contribution in [2.45, 2.75) is 31.3 Å². The first-order valence-electron chi connectivity index (χ1n) is 10.2. The van der Waals surface area contributed by atoms with E-state index in [1.165, 1.54) is 6.41 Å². The molecular weight excluding hydrogens is 661 g/mol. The van der Waals surface area contributed by atoms with Gasteiger partial charge in [0.25, 0.3) is 0 Å². The van der Waals surface area contributed by atoms with Crippen LogP contribution in [0.3, 0.4) is 0 Å². The number of amides is 2. The van der Waals surface area contributed by atoms with Crippen LogP contribution in [0.5, 0.6) is 0 Å². The minimum Gasteiger partial charge on any atom is -0.520 e. The fraction of sp³-hybridized carbons (Fsp3) is 0.192. The molecule has 2 amide bonds. The van der Waals surface area contributed by atoms with Crippen molar-refractivity contribution in [3.63, 3.8) is 0 Å². The van der Waals surface area contributed by atoms with Gasteiger partial charge in [-0.25, -0.2) is 0 Å². The zero-order valence-electron chi connectivity index (χ0n) is 18.2. The number of carboxylic acids is 1. The van der Waals surface area contributed by atoms with Gasteiger partial charge in [0.2, 0.25) is 5.91 Å². The normalized spacial score (nSPS) is 12.3. The van der Waals surface area contributed by atoms with Crippen LogP contribution in [0.1, 0.15) is 30.9 Å². The van der Waals surface area contributed by atoms with Gasteiger partial charge < -0.3 is 20.5 Å². The summed E-state index contributed by atoms with van der Waals surface area (Å²) in [6, 6.07) is 17.9. The predicted molar refractivity (Wildman–Crippen MR) is 124 cm³/mol. The second kappa shape index (κ2) is 12.7. The number of nitrogens with one attached hydrogen (secondary N) is 2. The maximum Gasteiger partial charge on any atom is 0.323 e. The van der Waals surface area contributed by atoms with Crippen LogP contribution in [0, 0.1) is 0 Å². The summed E-state index contributed by atoms with van der Waals surface area (Å²) in [5.41, 5.74) is 1.41. The van der Waals surface area contributed by atoms with Crippen LogP contribution in [0.15, 0.2) is 97.1 Å². The monoisotopic (exact) mass is 688 g/mol. The van der Waals surface area contributed by atoms with E-state index in [4.69, 9.17) is 0 Å². The Bertz CT molecular complexity index is 948. The SMILES string of the molecule is C=C/C=C(\C=C/C)C(NC(=O)CCC(N[C-]=O)C(=O)O)(c1ccccc1)c1ccccc1.[Fm]. The molecule has 0 saturated carbocycles. The summed E-state index contributed by atoms with van der Waals surface area (Å²) in [7, 11) is 0. The Labute approximate surface area is 188 Å². The molecule has 33 heavy (non-hydrogen) atoms. The van der Waals surface area contributed by atoms with E-state index in [9.17, 15) is 19.5 Å². The third kappa shape index (κ3) is 6.28. The van der Waals surface area contributed by atoms with E-state index in [1.807, 2.05) is 85.8 Å². The third-order valence-corrected chi connectivity index (χ3v) is 5.01. The molecule has 2 aromatic rings. The Kier molecular flexibility index (Phi) is 10.0. The molecule has 0 aliphatic rings. The molecular formula is C26H27FmN2O4-. The van der Waals surface area contributed by atoms with E-state index in [1.54, 1.807) is 6.08 Å². The van der Waals surface area contributed by atoms with Crippen molar-refractivity contribution in [2.75, 3.05) is 0 Å². The number of carbonyl (C=O) groups excluding carboxylic acids is 2. The number of aliphatic carboxylic acids is 1. The number of carbonyl (C=O) groups is 2. The summed E-state index contributed by atoms with van der Waals surface area (Å²) in [5, 5.41) is 14.5. The first-order chi connectivity index (χ1) is 15.5. The van der Waals surface area contributed by atoms with Crippen LogP contribution in [-0.4, -0.2) is 29.4 Å². The first-order valence-corrected chi connectivity index (χ1v) is 10.2. The van der Waals surface area contributed by atoms with E-state index in [-0.39, 0.29) is 18.7 Å². The number of allylic oxidation sites excluding steroid dienone is 3. The standard InChI is InChI=1S/C26H27N2O4.Fm/c1-3-11-20(12-4-2)26(21-13-7-5-8-14-21,22-15-9-6-10-16-22)28-24(30)18-17-23(25(31)32)27-19-29;/h3-16,23H,1,17-18H2,2H3,(H,27,29)(H,28,30)(H,31,32);/q-1;/b12-4-,20-11+;. The molecule has 2 aromatic carbocycles. The summed E-state index contributed by atoms with van der Waals surface area (Å²) in [5.74, 6) is -1.59. The van der Waals surface area contributed by atoms with Crippen LogP contribution in [0.2, 0.25) is 0 Å². The second-order valence-corrected chi connectivity index (χ2v) is 7.06. The number of hydrogen-bond acceptors (Lipinski definition) is 3. The Hall–Kier alpha value is -4.93. The van der Waals surface area contributed by atoms with E-state index in [0.29, 0.717) is 0 Å². The maximum absolute atomic E-state index is 13.1. The molecule has 1 atom stereocenters. The molecule has 6 nitrogen and oxygen atoms in total. The summed E-state index contributed by atoms with van der Waals surface area (Å²) >= 11 is 0. The van der Waals surface area contributed by atoms with Gasteiger partial charge in [-0.05, 0) is 30.0 Å². The summed E-state index contributed by atoms with van der Waals surface area (Å²) < 4.78 is 0. The van der Waals surface area contributed by atoms with Gasteiger partial charge in [0.15, 0.2) is 0 Å². The molecule has 0 spiro atoms. The molecule has 0 radical (unpaired) electrons. The molecule has 7 heteroatoms. The van der Waals surface area contributed by atoms with Gasteiger partial charge in [-0.2, -0.15) is 6.41 Å². The number of carboxylic acid groups (broad SMARTS) is 1. The van der Waals surface area contributed by atoms with Crippen molar-refractivity contribution in [3.8, 4) is 0 Å². The Morgan fingerprint density at radius 3 is 2.06 bits per heavy atom. The topological polar surface area (TPSA) is 95.5 Å². The quantitative estimate of drug-likeness (QED) is 0.181. The van der Waals surface area contributed by atoms with E-state index in [2.05, 4.69) is 17.2 Å². The first kappa shape index (κ1) is 26.1. The summed E-state index contributed by atoms with van der Waals surface area (Å²) in [4.78, 5) is 35.0. The van der Waals surface area contributed by atoms with Gasteiger partial charge in [-0.3, -0.25) is 9.59 Å². The fourth-order valence-corrected chi connectivity index (χ4v) is 3.58. The van der Waals surface area contributed by atoms with Gasteiger partial charge in [0.1, 0.15) is 5.54 Å². The molecule has 3 N–H and O–H groups in total. The van der Waals surface area contributed by atoms with Crippen molar-refractivity contribution in [1.29, 1.82) is 0 Å². The number of rotatable bonds is 12. The smallest absolute Gasteiger partial charge is 0.323 e. The molecule has 0 aliphatic carbocycles. The van der Waals surface area contributed by atoms with Crippen molar-refractivity contribution in [1.82, 2.24) is 10.6 Å². The molecule has 0 aromatic heterocycles. The minimum atomic E-state index is -1.22. The maximum atomic E-state index is 13.1. The van der Waals surface area contributed by atoms with Gasteiger partial charge >= 0.3 is 5.97 Å². The van der Waals surface area contributed by atoms with Crippen LogP contribution in [-0.2, 0) is 19.9 Å². The van der Waals surface area contributed by atoms with Crippen molar-refractivity contribution >= 4 is 18.3 Å². The predicted octanol–water partition coefficient (Wildman–Crippen LogP) is 3.63. The van der Waals surface area contributed by atoms with E-state index in [0.717, 1.165) is 16.7 Å². The molecule has 178 valence electrons. The Morgan fingerprint density at radius 1 is 1.09 bits per heavy atom. The summed E-state index contributed by atoms with van der Waals surface area (Å²) in [6.45, 7) is 5.72. The zero-order valence-corrected chi connectivity index (χ0v) is 20.6. The molecule has 0 heterocycles. The molecule has 0 aliphatic heterocycles. The molecule has 2 rings (SSSR count). The van der Waals surface area contributed by atoms with Gasteiger partial charge in [0, 0.05) is 6.42 Å². The van der Waals surface area contributed by atoms with Gasteiger partial charge in [-0.15, -0.1) is 0 Å². The molecule has 0 bridgehead atoms. The Balaban J connectivity index is 0.00000544. The largest absolute Gasteiger partial charge is 0.520 e. The van der Waals surface area contributed by atoms with Gasteiger partial charge in [-0.1, -0.05) is 91.5 Å². The van der Waals surface area contributed by atoms with Crippen LogP contribution < -0.4 is 10.6 Å². The second-order valence-electron chi connectivity index (χ2n) is 7.06. The van der Waals surface area contributed by atoms with Crippen molar-refractivity contribution in [2.24, 2.45) is 0 Å². The average Bonchev–Trinajstić information content (AvgIpc) is 2.81. The number of hydrogen-bond donors (Lipinski definition) is 3. The van der Waals surface area contributed by atoms with E-state index >= 15 is 0 Å². The third-order valence-electron chi connectivity index (χ3n) is 5.01. The van der Waals surface area contributed by atoms with Crippen molar-refractivity contribution < 1.29 is 19.5 Å². The van der Waals surface area contributed by atoms with Crippen LogP contribution in [0.25, 0.3) is 0 Å². The van der Waals surface area contributed by atoms with Crippen molar-refractivity contribution in [3.05, 3.63) is 108 Å². The van der Waals surface area contributed by atoms with Gasteiger partial charge in [0.05, 0.1) is 6.04 Å². The summed E-state index contributed by atoms with van der Waals surface area (Å²) in [6.07, 6.45) is 8.49. The van der Waals surface area contributed by atoms with E-state index < -0.39 is 17.6 Å². The molecule has 1 unspecified atom stereocenters. The average molecular weight is 689 g/mol. The minimum absolute atomic E-state index is 0. The molecule has 0 fully saturated rings. The number of benzene rings is 2. The Morgan fingerprint density at radius 2 is 1.64 bits per heavy atom. The van der Waals surface area contributed by atoms with Crippen LogP contribution in [0.4, 0.5) is 0 Å². The van der Waals surface area contributed by atoms with Crippen LogP contribution >= 0.6 is 0 Å².